The standard InChI is InChI=1S/C33H42N6O5/c1-18(2)13-24(34)30(40)37-27(14-20-16-35-25-11-7-5-9-22(20)25)31(41)39-29(19(3)4)32(42)38-28(33(43)44)15-21-17-36-26-12-8-6-10-23(21)26/h5-12,16-19,24,27-29,35-36H,13-15,34H2,1-4H3,(H,37,40)(H,38,42)(H,39,41)(H,43,44). The number of carboxylic acids is 1. The summed E-state index contributed by atoms with van der Waals surface area (Å²) in [6.45, 7) is 7.42. The lowest BCUT2D eigenvalue weighted by molar-refractivity contribution is -0.142. The summed E-state index contributed by atoms with van der Waals surface area (Å²) < 4.78 is 0. The quantitative estimate of drug-likeness (QED) is 0.116. The van der Waals surface area contributed by atoms with Gasteiger partial charge in [-0.3, -0.25) is 14.4 Å². The molecule has 11 heteroatoms. The molecule has 4 aromatic rings. The van der Waals surface area contributed by atoms with Crippen LogP contribution in [0.4, 0.5) is 0 Å². The molecule has 44 heavy (non-hydrogen) atoms. The number of benzene rings is 2. The maximum atomic E-state index is 13.8. The van der Waals surface area contributed by atoms with Crippen LogP contribution in [0.15, 0.2) is 60.9 Å². The van der Waals surface area contributed by atoms with Crippen molar-refractivity contribution in [3.63, 3.8) is 0 Å². The van der Waals surface area contributed by atoms with Crippen molar-refractivity contribution in [2.75, 3.05) is 0 Å². The van der Waals surface area contributed by atoms with E-state index in [1.807, 2.05) is 62.4 Å². The lowest BCUT2D eigenvalue weighted by atomic mass is 9.99. The van der Waals surface area contributed by atoms with Gasteiger partial charge in [0, 0.05) is 47.0 Å². The third-order valence-electron chi connectivity index (χ3n) is 7.75. The van der Waals surface area contributed by atoms with Crippen molar-refractivity contribution < 1.29 is 24.3 Å². The van der Waals surface area contributed by atoms with Gasteiger partial charge in [-0.2, -0.15) is 0 Å². The number of aromatic nitrogens is 2. The third-order valence-corrected chi connectivity index (χ3v) is 7.75. The summed E-state index contributed by atoms with van der Waals surface area (Å²) in [5.74, 6) is -3.06. The smallest absolute Gasteiger partial charge is 0.326 e. The summed E-state index contributed by atoms with van der Waals surface area (Å²) in [7, 11) is 0. The highest BCUT2D eigenvalue weighted by atomic mass is 16.4. The van der Waals surface area contributed by atoms with Crippen LogP contribution in [-0.4, -0.2) is 62.9 Å². The van der Waals surface area contributed by atoms with Crippen LogP contribution in [0, 0.1) is 11.8 Å². The Labute approximate surface area is 256 Å². The zero-order valence-electron chi connectivity index (χ0n) is 25.5. The summed E-state index contributed by atoms with van der Waals surface area (Å²) in [6, 6.07) is 11.0. The Morgan fingerprint density at radius 2 is 1.23 bits per heavy atom. The number of nitrogens with one attached hydrogen (secondary N) is 5. The van der Waals surface area contributed by atoms with Gasteiger partial charge in [-0.05, 0) is 41.5 Å². The van der Waals surface area contributed by atoms with Crippen LogP contribution >= 0.6 is 0 Å². The van der Waals surface area contributed by atoms with Crippen LogP contribution in [0.5, 0.6) is 0 Å². The number of rotatable bonds is 14. The Hall–Kier alpha value is -4.64. The molecule has 2 aromatic carbocycles. The lowest BCUT2D eigenvalue weighted by Gasteiger charge is -2.27. The van der Waals surface area contributed by atoms with Crippen molar-refractivity contribution in [3.05, 3.63) is 72.1 Å². The molecule has 0 aliphatic heterocycles. The number of fused-ring (bicyclic) bond motifs is 2. The van der Waals surface area contributed by atoms with Crippen LogP contribution in [-0.2, 0) is 32.0 Å². The number of hydrogen-bond acceptors (Lipinski definition) is 5. The Kier molecular flexibility index (Phi) is 10.4. The second-order valence-electron chi connectivity index (χ2n) is 12.1. The van der Waals surface area contributed by atoms with Gasteiger partial charge in [0.25, 0.3) is 0 Å². The molecule has 4 atom stereocenters. The number of carboxylic acid groups (broad SMARTS) is 1. The van der Waals surface area contributed by atoms with Gasteiger partial charge >= 0.3 is 5.97 Å². The highest BCUT2D eigenvalue weighted by Crippen LogP contribution is 2.21. The Bertz CT molecular complexity index is 1620. The summed E-state index contributed by atoms with van der Waals surface area (Å²) >= 11 is 0. The zero-order chi connectivity index (χ0) is 32.0. The number of hydrogen-bond donors (Lipinski definition) is 7. The number of para-hydroxylation sites is 2. The number of carbonyl (C=O) groups is 4. The van der Waals surface area contributed by atoms with Crippen molar-refractivity contribution >= 4 is 45.5 Å². The lowest BCUT2D eigenvalue weighted by Crippen LogP contribution is -2.59. The first-order valence-electron chi connectivity index (χ1n) is 14.9. The molecule has 0 radical (unpaired) electrons. The van der Waals surface area contributed by atoms with Crippen molar-refractivity contribution in [2.45, 2.75) is 71.1 Å². The molecule has 0 saturated carbocycles. The van der Waals surface area contributed by atoms with Gasteiger partial charge in [-0.25, -0.2) is 4.79 Å². The first-order chi connectivity index (χ1) is 20.9. The number of carbonyl (C=O) groups excluding carboxylic acids is 3. The van der Waals surface area contributed by atoms with E-state index in [0.29, 0.717) is 6.42 Å². The highest BCUT2D eigenvalue weighted by Gasteiger charge is 2.33. The molecule has 11 nitrogen and oxygen atoms in total. The zero-order valence-corrected chi connectivity index (χ0v) is 25.5. The van der Waals surface area contributed by atoms with Crippen molar-refractivity contribution in [1.82, 2.24) is 25.9 Å². The molecular weight excluding hydrogens is 560 g/mol. The monoisotopic (exact) mass is 602 g/mol. The molecule has 0 aliphatic rings. The van der Waals surface area contributed by atoms with Gasteiger partial charge in [0.2, 0.25) is 17.7 Å². The molecule has 234 valence electrons. The maximum Gasteiger partial charge on any atom is 0.326 e. The average Bonchev–Trinajstić information content (AvgIpc) is 3.58. The molecule has 0 saturated heterocycles. The maximum absolute atomic E-state index is 13.8. The molecule has 0 aliphatic carbocycles. The SMILES string of the molecule is CC(C)CC(N)C(=O)NC(Cc1c[nH]c2ccccc12)C(=O)NC(C(=O)NC(Cc1c[nH]c2ccccc12)C(=O)O)C(C)C. The van der Waals surface area contributed by atoms with Crippen LogP contribution in [0.2, 0.25) is 0 Å². The van der Waals surface area contributed by atoms with Crippen molar-refractivity contribution in [3.8, 4) is 0 Å². The first kappa shape index (κ1) is 32.3. The van der Waals surface area contributed by atoms with Gasteiger partial charge in [-0.15, -0.1) is 0 Å². The molecule has 0 spiro atoms. The largest absolute Gasteiger partial charge is 0.480 e. The topological polar surface area (TPSA) is 182 Å². The predicted molar refractivity (Wildman–Crippen MR) is 170 cm³/mol. The minimum absolute atomic E-state index is 0.0524. The fourth-order valence-electron chi connectivity index (χ4n) is 5.39. The number of aromatic amines is 2. The number of H-pyrrole nitrogens is 2. The van der Waals surface area contributed by atoms with Gasteiger partial charge in [-0.1, -0.05) is 64.1 Å². The molecule has 4 unspecified atom stereocenters. The Morgan fingerprint density at radius 1 is 0.727 bits per heavy atom. The Balaban J connectivity index is 1.52. The molecule has 0 bridgehead atoms. The van der Waals surface area contributed by atoms with Gasteiger partial charge in [0.15, 0.2) is 0 Å². The van der Waals surface area contributed by atoms with E-state index in [0.717, 1.165) is 32.9 Å². The van der Waals surface area contributed by atoms with Crippen LogP contribution in [0.25, 0.3) is 21.8 Å². The van der Waals surface area contributed by atoms with E-state index < -0.39 is 47.9 Å². The summed E-state index contributed by atoms with van der Waals surface area (Å²) in [5.41, 5.74) is 9.44. The summed E-state index contributed by atoms with van der Waals surface area (Å²) in [6.07, 6.45) is 4.17. The number of amides is 3. The molecule has 0 fully saturated rings. The van der Waals surface area contributed by atoms with E-state index in [-0.39, 0.29) is 24.7 Å². The van der Waals surface area contributed by atoms with Gasteiger partial charge in [0.05, 0.1) is 6.04 Å². The molecule has 2 aromatic heterocycles. The van der Waals surface area contributed by atoms with Crippen molar-refractivity contribution in [2.24, 2.45) is 17.6 Å². The molecule has 3 amide bonds. The van der Waals surface area contributed by atoms with Crippen LogP contribution in [0.1, 0.15) is 45.2 Å². The fraction of sp³-hybridized carbons (Fsp3) is 0.394. The number of nitrogens with two attached hydrogens (primary N) is 1. The van der Waals surface area contributed by atoms with E-state index >= 15 is 0 Å². The third kappa shape index (κ3) is 7.84. The van der Waals surface area contributed by atoms with E-state index in [9.17, 15) is 24.3 Å². The summed E-state index contributed by atoms with van der Waals surface area (Å²) in [4.78, 5) is 58.8. The van der Waals surface area contributed by atoms with Crippen molar-refractivity contribution in [1.29, 1.82) is 0 Å². The van der Waals surface area contributed by atoms with E-state index in [1.165, 1.54) is 0 Å². The predicted octanol–water partition coefficient (Wildman–Crippen LogP) is 3.00. The van der Waals surface area contributed by atoms with Crippen LogP contribution in [0.3, 0.4) is 0 Å². The Morgan fingerprint density at radius 3 is 1.73 bits per heavy atom. The highest BCUT2D eigenvalue weighted by molar-refractivity contribution is 5.95. The molecule has 4 rings (SSSR count). The fourth-order valence-corrected chi connectivity index (χ4v) is 5.39. The molecule has 2 heterocycles. The first-order valence-corrected chi connectivity index (χ1v) is 14.9. The number of aliphatic carboxylic acids is 1. The molecular formula is C33H42N6O5. The second kappa shape index (κ2) is 14.2. The minimum Gasteiger partial charge on any atom is -0.480 e. The van der Waals surface area contributed by atoms with E-state index in [4.69, 9.17) is 5.73 Å². The van der Waals surface area contributed by atoms with E-state index in [2.05, 4.69) is 25.9 Å². The second-order valence-corrected chi connectivity index (χ2v) is 12.1. The van der Waals surface area contributed by atoms with Crippen LogP contribution < -0.4 is 21.7 Å². The minimum atomic E-state index is -1.23. The molecule has 8 N–H and O–H groups in total. The summed E-state index contributed by atoms with van der Waals surface area (Å²) in [5, 5.41) is 19.9. The van der Waals surface area contributed by atoms with E-state index in [1.54, 1.807) is 26.2 Å². The van der Waals surface area contributed by atoms with Gasteiger partial charge < -0.3 is 36.8 Å². The normalized spacial score (nSPS) is 14.3. The van der Waals surface area contributed by atoms with Gasteiger partial charge in [0.1, 0.15) is 18.1 Å². The average molecular weight is 603 g/mol.